The maximum Gasteiger partial charge on any atom is 0.244 e. The van der Waals surface area contributed by atoms with E-state index in [1.165, 1.54) is 0 Å². The van der Waals surface area contributed by atoms with Gasteiger partial charge in [-0.25, -0.2) is 0 Å². The van der Waals surface area contributed by atoms with Crippen LogP contribution in [0.1, 0.15) is 33.1 Å². The number of carbonyl (C=O) groups excluding carboxylic acids is 2. The van der Waals surface area contributed by atoms with Crippen molar-refractivity contribution in [2.75, 3.05) is 13.6 Å². The van der Waals surface area contributed by atoms with Crippen LogP contribution in [0.5, 0.6) is 0 Å². The predicted molar refractivity (Wildman–Crippen MR) is 66.2 cm³/mol. The molecule has 98 valence electrons. The maximum absolute atomic E-state index is 11.9. The number of rotatable bonds is 4. The van der Waals surface area contributed by atoms with Gasteiger partial charge in [-0.3, -0.25) is 9.59 Å². The summed E-state index contributed by atoms with van der Waals surface area (Å²) in [6, 6.07) is -0.526. The standard InChI is InChI=1S/C12H23N3O2/c1-4-15(3)12(17)8(2)14-11(16)9-6-5-7-10(9)13/h8-10H,4-7,13H2,1-3H3,(H,14,16). The number of hydrogen-bond acceptors (Lipinski definition) is 3. The van der Waals surface area contributed by atoms with Crippen molar-refractivity contribution in [1.29, 1.82) is 0 Å². The van der Waals surface area contributed by atoms with Gasteiger partial charge in [0.05, 0.1) is 5.92 Å². The quantitative estimate of drug-likeness (QED) is 0.733. The van der Waals surface area contributed by atoms with Crippen molar-refractivity contribution in [3.63, 3.8) is 0 Å². The van der Waals surface area contributed by atoms with E-state index in [0.29, 0.717) is 6.54 Å². The molecule has 1 saturated carbocycles. The molecule has 0 radical (unpaired) electrons. The highest BCUT2D eigenvalue weighted by Gasteiger charge is 2.31. The Morgan fingerprint density at radius 1 is 1.47 bits per heavy atom. The number of nitrogens with one attached hydrogen (secondary N) is 1. The average Bonchev–Trinajstić information content (AvgIpc) is 2.73. The summed E-state index contributed by atoms with van der Waals surface area (Å²) < 4.78 is 0. The number of likely N-dealkylation sites (N-methyl/N-ethyl adjacent to an activating group) is 1. The first-order valence-electron chi connectivity index (χ1n) is 6.28. The molecular weight excluding hydrogens is 218 g/mol. The van der Waals surface area contributed by atoms with Crippen molar-refractivity contribution >= 4 is 11.8 Å². The van der Waals surface area contributed by atoms with Gasteiger partial charge in [0.2, 0.25) is 11.8 Å². The molecule has 0 aliphatic heterocycles. The summed E-state index contributed by atoms with van der Waals surface area (Å²) in [5, 5.41) is 2.76. The van der Waals surface area contributed by atoms with Crippen LogP contribution in [0.2, 0.25) is 0 Å². The van der Waals surface area contributed by atoms with E-state index >= 15 is 0 Å². The number of nitrogens with zero attached hydrogens (tertiary/aromatic N) is 1. The third-order valence-corrected chi connectivity index (χ3v) is 3.49. The minimum atomic E-state index is -0.472. The Bertz CT molecular complexity index is 293. The van der Waals surface area contributed by atoms with E-state index in [-0.39, 0.29) is 23.8 Å². The Kier molecular flexibility index (Phi) is 4.93. The highest BCUT2D eigenvalue weighted by atomic mass is 16.2. The first-order valence-corrected chi connectivity index (χ1v) is 6.28. The molecule has 1 rings (SSSR count). The molecule has 0 bridgehead atoms. The van der Waals surface area contributed by atoms with E-state index in [0.717, 1.165) is 19.3 Å². The first-order chi connectivity index (χ1) is 7.97. The van der Waals surface area contributed by atoms with E-state index in [4.69, 9.17) is 5.73 Å². The van der Waals surface area contributed by atoms with Crippen LogP contribution in [-0.4, -0.2) is 42.4 Å². The van der Waals surface area contributed by atoms with Gasteiger partial charge < -0.3 is 16.0 Å². The van der Waals surface area contributed by atoms with Gasteiger partial charge in [-0.15, -0.1) is 0 Å². The summed E-state index contributed by atoms with van der Waals surface area (Å²) in [7, 11) is 1.73. The minimum absolute atomic E-state index is 0.0544. The molecule has 1 fully saturated rings. The van der Waals surface area contributed by atoms with Crippen LogP contribution in [0, 0.1) is 5.92 Å². The normalized spacial score (nSPS) is 25.4. The second-order valence-corrected chi connectivity index (χ2v) is 4.78. The van der Waals surface area contributed by atoms with Gasteiger partial charge in [-0.05, 0) is 26.7 Å². The van der Waals surface area contributed by atoms with Crippen molar-refractivity contribution in [3.05, 3.63) is 0 Å². The van der Waals surface area contributed by atoms with Crippen molar-refractivity contribution in [2.24, 2.45) is 11.7 Å². The summed E-state index contributed by atoms with van der Waals surface area (Å²) in [4.78, 5) is 25.3. The van der Waals surface area contributed by atoms with Gasteiger partial charge in [-0.2, -0.15) is 0 Å². The number of hydrogen-bond donors (Lipinski definition) is 2. The molecule has 2 amide bonds. The third kappa shape index (κ3) is 3.43. The SMILES string of the molecule is CCN(C)C(=O)C(C)NC(=O)C1CCCC1N. The zero-order chi connectivity index (χ0) is 13.0. The van der Waals surface area contributed by atoms with Crippen LogP contribution in [-0.2, 0) is 9.59 Å². The number of nitrogens with two attached hydrogens (primary N) is 1. The van der Waals surface area contributed by atoms with Gasteiger partial charge in [-0.1, -0.05) is 6.42 Å². The summed E-state index contributed by atoms with van der Waals surface area (Å²) in [5.41, 5.74) is 5.86. The Morgan fingerprint density at radius 2 is 2.12 bits per heavy atom. The molecule has 5 heteroatoms. The maximum atomic E-state index is 11.9. The predicted octanol–water partition coefficient (Wildman–Crippen LogP) is 0.0968. The second kappa shape index (κ2) is 6.00. The van der Waals surface area contributed by atoms with Gasteiger partial charge >= 0.3 is 0 Å². The fourth-order valence-corrected chi connectivity index (χ4v) is 2.18. The summed E-state index contributed by atoms with van der Waals surface area (Å²) in [6.07, 6.45) is 2.73. The van der Waals surface area contributed by atoms with Crippen LogP contribution >= 0.6 is 0 Å². The zero-order valence-electron chi connectivity index (χ0n) is 10.9. The molecule has 3 N–H and O–H groups in total. The van der Waals surface area contributed by atoms with Gasteiger partial charge in [0.1, 0.15) is 6.04 Å². The van der Waals surface area contributed by atoms with Crippen LogP contribution in [0.25, 0.3) is 0 Å². The largest absolute Gasteiger partial charge is 0.344 e. The fraction of sp³-hybridized carbons (Fsp3) is 0.833. The summed E-state index contributed by atoms with van der Waals surface area (Å²) in [6.45, 7) is 4.26. The summed E-state index contributed by atoms with van der Waals surface area (Å²) in [5.74, 6) is -0.273. The number of carbonyl (C=O) groups is 2. The molecule has 0 spiro atoms. The van der Waals surface area contributed by atoms with E-state index in [1.807, 2.05) is 6.92 Å². The topological polar surface area (TPSA) is 75.4 Å². The monoisotopic (exact) mass is 241 g/mol. The van der Waals surface area contributed by atoms with E-state index < -0.39 is 6.04 Å². The van der Waals surface area contributed by atoms with Crippen molar-refractivity contribution < 1.29 is 9.59 Å². The molecule has 3 atom stereocenters. The van der Waals surface area contributed by atoms with E-state index in [2.05, 4.69) is 5.32 Å². The Hall–Kier alpha value is -1.10. The van der Waals surface area contributed by atoms with Crippen LogP contribution in [0.15, 0.2) is 0 Å². The fourth-order valence-electron chi connectivity index (χ4n) is 2.18. The zero-order valence-corrected chi connectivity index (χ0v) is 10.9. The molecule has 0 aromatic heterocycles. The third-order valence-electron chi connectivity index (χ3n) is 3.49. The van der Waals surface area contributed by atoms with Crippen LogP contribution in [0.4, 0.5) is 0 Å². The van der Waals surface area contributed by atoms with Crippen LogP contribution < -0.4 is 11.1 Å². The number of amides is 2. The summed E-state index contributed by atoms with van der Waals surface area (Å²) >= 11 is 0. The smallest absolute Gasteiger partial charge is 0.244 e. The Morgan fingerprint density at radius 3 is 2.59 bits per heavy atom. The van der Waals surface area contributed by atoms with Gasteiger partial charge in [0.15, 0.2) is 0 Å². The lowest BCUT2D eigenvalue weighted by Gasteiger charge is -2.23. The highest BCUT2D eigenvalue weighted by molar-refractivity contribution is 5.88. The van der Waals surface area contributed by atoms with Gasteiger partial charge in [0.25, 0.3) is 0 Å². The minimum Gasteiger partial charge on any atom is -0.344 e. The van der Waals surface area contributed by atoms with Crippen molar-refractivity contribution in [2.45, 2.75) is 45.2 Å². The lowest BCUT2D eigenvalue weighted by Crippen LogP contribution is -2.49. The van der Waals surface area contributed by atoms with Crippen LogP contribution in [0.3, 0.4) is 0 Å². The molecule has 3 unspecified atom stereocenters. The molecule has 5 nitrogen and oxygen atoms in total. The Labute approximate surface area is 103 Å². The molecule has 1 aliphatic carbocycles. The van der Waals surface area contributed by atoms with E-state index in [9.17, 15) is 9.59 Å². The molecule has 0 heterocycles. The lowest BCUT2D eigenvalue weighted by atomic mass is 10.0. The average molecular weight is 241 g/mol. The molecule has 0 aromatic rings. The second-order valence-electron chi connectivity index (χ2n) is 4.78. The molecule has 0 aromatic carbocycles. The highest BCUT2D eigenvalue weighted by Crippen LogP contribution is 2.24. The molecular formula is C12H23N3O2. The lowest BCUT2D eigenvalue weighted by molar-refractivity contribution is -0.135. The van der Waals surface area contributed by atoms with Crippen molar-refractivity contribution in [3.8, 4) is 0 Å². The molecule has 1 aliphatic rings. The van der Waals surface area contributed by atoms with Crippen molar-refractivity contribution in [1.82, 2.24) is 10.2 Å². The van der Waals surface area contributed by atoms with E-state index in [1.54, 1.807) is 18.9 Å². The molecule has 0 saturated heterocycles. The van der Waals surface area contributed by atoms with Gasteiger partial charge in [0, 0.05) is 19.6 Å². The molecule has 17 heavy (non-hydrogen) atoms. The Balaban J connectivity index is 2.48. The first kappa shape index (κ1) is 14.0.